The second kappa shape index (κ2) is 12.9. The van der Waals surface area contributed by atoms with Crippen molar-refractivity contribution in [2.24, 2.45) is 0 Å². The van der Waals surface area contributed by atoms with E-state index >= 15 is 0 Å². The second-order valence-corrected chi connectivity index (χ2v) is 9.70. The van der Waals surface area contributed by atoms with Gasteiger partial charge in [0.1, 0.15) is 6.33 Å². The number of nitrogens with zero attached hydrogens (tertiary/aromatic N) is 7. The minimum atomic E-state index is -1.20. The average Bonchev–Trinajstić information content (AvgIpc) is 3.69. The van der Waals surface area contributed by atoms with E-state index in [0.29, 0.717) is 57.4 Å². The standard InChI is InChI=1S/C28H25ClN10O4/c1-2-38-12-11-21(35-38)14-23(24-15-22(27(41)34-33-24)17-3-7-20(8-4-17)31-28(42)43)32-26(40)10-5-18-13-19(29)6-9-25(18)39-16-30-36-37-39/h3-13,15-16,23,31H,2,14H2,1H3,(H,32,40)(H,34,41)(H,42,43). The number of hydrogen-bond donors (Lipinski definition) is 4. The smallest absolute Gasteiger partial charge is 0.409 e. The molecule has 0 aliphatic carbocycles. The van der Waals surface area contributed by atoms with Gasteiger partial charge in [-0.3, -0.25) is 19.6 Å². The van der Waals surface area contributed by atoms with Crippen LogP contribution >= 0.6 is 11.6 Å². The van der Waals surface area contributed by atoms with Crippen LogP contribution in [0, 0.1) is 0 Å². The number of anilines is 1. The number of aromatic amines is 1. The third kappa shape index (κ3) is 7.18. The van der Waals surface area contributed by atoms with Crippen LogP contribution in [0.1, 0.15) is 29.9 Å². The van der Waals surface area contributed by atoms with Gasteiger partial charge in [-0.05, 0) is 71.5 Å². The summed E-state index contributed by atoms with van der Waals surface area (Å²) in [6, 6.07) is 14.2. The molecule has 0 fully saturated rings. The lowest BCUT2D eigenvalue weighted by Crippen LogP contribution is -2.30. The number of tetrazole rings is 1. The van der Waals surface area contributed by atoms with Crippen molar-refractivity contribution in [1.29, 1.82) is 0 Å². The van der Waals surface area contributed by atoms with Crippen molar-refractivity contribution in [1.82, 2.24) is 45.5 Å². The summed E-state index contributed by atoms with van der Waals surface area (Å²) in [6.07, 6.45) is 5.32. The maximum atomic E-state index is 13.2. The molecule has 1 atom stereocenters. The Balaban J connectivity index is 1.44. The molecule has 5 aromatic rings. The fraction of sp³-hybridized carbons (Fsp3) is 0.143. The summed E-state index contributed by atoms with van der Waals surface area (Å²) in [4.78, 5) is 36.9. The summed E-state index contributed by atoms with van der Waals surface area (Å²) >= 11 is 6.20. The molecule has 218 valence electrons. The van der Waals surface area contributed by atoms with Crippen molar-refractivity contribution < 1.29 is 14.7 Å². The molecule has 0 aliphatic heterocycles. The Morgan fingerprint density at radius 1 is 1.14 bits per heavy atom. The predicted octanol–water partition coefficient (Wildman–Crippen LogP) is 3.49. The van der Waals surface area contributed by atoms with E-state index in [1.807, 2.05) is 19.2 Å². The van der Waals surface area contributed by atoms with Gasteiger partial charge in [-0.15, -0.1) is 5.10 Å². The van der Waals surface area contributed by atoms with Gasteiger partial charge in [0.25, 0.3) is 5.56 Å². The number of amides is 2. The lowest BCUT2D eigenvalue weighted by atomic mass is 10.0. The lowest BCUT2D eigenvalue weighted by molar-refractivity contribution is -0.117. The van der Waals surface area contributed by atoms with Crippen LogP contribution in [-0.2, 0) is 17.8 Å². The van der Waals surface area contributed by atoms with Gasteiger partial charge in [0.2, 0.25) is 5.91 Å². The highest BCUT2D eigenvalue weighted by atomic mass is 35.5. The molecule has 2 aromatic carbocycles. The second-order valence-electron chi connectivity index (χ2n) is 9.26. The quantitative estimate of drug-likeness (QED) is 0.174. The van der Waals surface area contributed by atoms with Crippen molar-refractivity contribution >= 4 is 35.4 Å². The van der Waals surface area contributed by atoms with E-state index in [1.54, 1.807) is 59.3 Å². The summed E-state index contributed by atoms with van der Waals surface area (Å²) in [6.45, 7) is 2.64. The number of aryl methyl sites for hydroxylation is 1. The lowest BCUT2D eigenvalue weighted by Gasteiger charge is -2.17. The van der Waals surface area contributed by atoms with Gasteiger partial charge in [-0.2, -0.15) is 14.9 Å². The van der Waals surface area contributed by atoms with Gasteiger partial charge in [-0.1, -0.05) is 23.7 Å². The molecule has 14 nitrogen and oxygen atoms in total. The maximum Gasteiger partial charge on any atom is 0.409 e. The maximum absolute atomic E-state index is 13.2. The Labute approximate surface area is 249 Å². The highest BCUT2D eigenvalue weighted by Gasteiger charge is 2.20. The summed E-state index contributed by atoms with van der Waals surface area (Å²) in [7, 11) is 0. The molecule has 3 aromatic heterocycles. The Morgan fingerprint density at radius 2 is 1.95 bits per heavy atom. The van der Waals surface area contributed by atoms with Crippen molar-refractivity contribution in [2.45, 2.75) is 25.9 Å². The van der Waals surface area contributed by atoms with Crippen LogP contribution in [0.4, 0.5) is 10.5 Å². The van der Waals surface area contributed by atoms with Gasteiger partial charge in [-0.25, -0.2) is 9.89 Å². The molecule has 0 bridgehead atoms. The molecular formula is C28H25ClN10O4. The molecule has 5 rings (SSSR count). The minimum Gasteiger partial charge on any atom is -0.465 e. The number of hydrogen-bond acceptors (Lipinski definition) is 8. The zero-order chi connectivity index (χ0) is 30.3. The monoisotopic (exact) mass is 600 g/mol. The summed E-state index contributed by atoms with van der Waals surface area (Å²) < 4.78 is 3.23. The highest BCUT2D eigenvalue weighted by Crippen LogP contribution is 2.23. The predicted molar refractivity (Wildman–Crippen MR) is 158 cm³/mol. The third-order valence-electron chi connectivity index (χ3n) is 6.38. The number of aromatic nitrogens is 8. The molecule has 0 spiro atoms. The van der Waals surface area contributed by atoms with Crippen LogP contribution in [0.25, 0.3) is 22.9 Å². The van der Waals surface area contributed by atoms with Crippen LogP contribution < -0.4 is 16.2 Å². The Bertz CT molecular complexity index is 1830. The zero-order valence-corrected chi connectivity index (χ0v) is 23.4. The van der Waals surface area contributed by atoms with Crippen molar-refractivity contribution in [3.05, 3.63) is 106 Å². The van der Waals surface area contributed by atoms with Gasteiger partial charge < -0.3 is 10.4 Å². The highest BCUT2D eigenvalue weighted by molar-refractivity contribution is 6.30. The van der Waals surface area contributed by atoms with Gasteiger partial charge in [0.05, 0.1) is 28.7 Å². The fourth-order valence-electron chi connectivity index (χ4n) is 4.32. The Morgan fingerprint density at radius 3 is 2.65 bits per heavy atom. The summed E-state index contributed by atoms with van der Waals surface area (Å²) in [5, 5.41) is 37.1. The van der Waals surface area contributed by atoms with Crippen LogP contribution in [0.2, 0.25) is 5.02 Å². The zero-order valence-electron chi connectivity index (χ0n) is 22.7. The van der Waals surface area contributed by atoms with Crippen LogP contribution in [0.5, 0.6) is 0 Å². The Kier molecular flexibility index (Phi) is 8.67. The largest absolute Gasteiger partial charge is 0.465 e. The van der Waals surface area contributed by atoms with E-state index in [1.165, 1.54) is 17.1 Å². The molecule has 2 amide bonds. The van der Waals surface area contributed by atoms with Crippen LogP contribution in [-0.4, -0.2) is 57.3 Å². The van der Waals surface area contributed by atoms with E-state index in [9.17, 15) is 14.4 Å². The number of nitrogens with one attached hydrogen (secondary N) is 3. The number of halogens is 1. The first-order chi connectivity index (χ1) is 20.8. The molecule has 0 saturated carbocycles. The molecule has 4 N–H and O–H groups in total. The van der Waals surface area contributed by atoms with Crippen LogP contribution in [0.15, 0.2) is 78.0 Å². The van der Waals surface area contributed by atoms with E-state index in [-0.39, 0.29) is 0 Å². The molecule has 1 unspecified atom stereocenters. The molecular weight excluding hydrogens is 576 g/mol. The third-order valence-corrected chi connectivity index (χ3v) is 6.61. The minimum absolute atomic E-state index is 0.291. The topological polar surface area (TPSA) is 186 Å². The summed E-state index contributed by atoms with van der Waals surface area (Å²) in [5.74, 6) is -0.429. The van der Waals surface area contributed by atoms with Crippen molar-refractivity contribution in [3.63, 3.8) is 0 Å². The normalized spacial score (nSPS) is 11.9. The molecule has 15 heteroatoms. The van der Waals surface area contributed by atoms with Crippen LogP contribution in [0.3, 0.4) is 0 Å². The van der Waals surface area contributed by atoms with E-state index in [0.717, 1.165) is 0 Å². The SMILES string of the molecule is CCn1ccc(CC(NC(=O)C=Cc2cc(Cl)ccc2-n2cnnn2)c2cc(-c3ccc(NC(=O)O)cc3)c(=O)[nH]n2)n1. The number of carboxylic acid groups (broad SMARTS) is 1. The molecule has 0 aliphatic rings. The number of rotatable bonds is 10. The van der Waals surface area contributed by atoms with E-state index in [2.05, 4.69) is 41.5 Å². The van der Waals surface area contributed by atoms with E-state index in [4.69, 9.17) is 16.7 Å². The molecule has 0 radical (unpaired) electrons. The fourth-order valence-corrected chi connectivity index (χ4v) is 4.50. The molecule has 3 heterocycles. The van der Waals surface area contributed by atoms with Crippen molar-refractivity contribution in [3.8, 4) is 16.8 Å². The number of H-pyrrole nitrogens is 1. The molecule has 43 heavy (non-hydrogen) atoms. The van der Waals surface area contributed by atoms with Gasteiger partial charge in [0, 0.05) is 41.5 Å². The van der Waals surface area contributed by atoms with E-state index < -0.39 is 23.6 Å². The molecule has 0 saturated heterocycles. The average molecular weight is 601 g/mol. The number of carbonyl (C=O) groups is 2. The summed E-state index contributed by atoms with van der Waals surface area (Å²) in [5.41, 5.74) is 3.09. The number of benzene rings is 2. The Hall–Kier alpha value is -5.63. The van der Waals surface area contributed by atoms with Gasteiger partial charge >= 0.3 is 6.09 Å². The van der Waals surface area contributed by atoms with Gasteiger partial charge in [0.15, 0.2) is 0 Å². The van der Waals surface area contributed by atoms with Crippen molar-refractivity contribution in [2.75, 3.05) is 5.32 Å². The first kappa shape index (κ1) is 28.9. The first-order valence-electron chi connectivity index (χ1n) is 13.0. The first-order valence-corrected chi connectivity index (χ1v) is 13.4. The number of carbonyl (C=O) groups excluding carboxylic acids is 1.